The van der Waals surface area contributed by atoms with E-state index >= 15 is 0 Å². The van der Waals surface area contributed by atoms with Crippen molar-refractivity contribution < 1.29 is 19.1 Å². The fraction of sp³-hybridized carbons (Fsp3) is 0.333. The second kappa shape index (κ2) is 4.53. The minimum Gasteiger partial charge on any atom is -0.481 e. The highest BCUT2D eigenvalue weighted by atomic mass is 19.1. The molecular weight excluding hydrogens is 225 g/mol. The molecule has 1 aliphatic heterocycles. The van der Waals surface area contributed by atoms with E-state index in [0.29, 0.717) is 18.5 Å². The fourth-order valence-electron chi connectivity index (χ4n) is 2.16. The van der Waals surface area contributed by atoms with Crippen molar-refractivity contribution in [1.82, 2.24) is 5.32 Å². The minimum atomic E-state index is -1.14. The number of hydrogen-bond acceptors (Lipinski definition) is 2. The van der Waals surface area contributed by atoms with E-state index < -0.39 is 17.8 Å². The molecule has 0 radical (unpaired) electrons. The van der Waals surface area contributed by atoms with Crippen LogP contribution in [0, 0.1) is 11.7 Å². The first-order valence-corrected chi connectivity index (χ1v) is 5.35. The lowest BCUT2D eigenvalue weighted by molar-refractivity contribution is -0.149. The third-order valence-corrected chi connectivity index (χ3v) is 3.00. The highest BCUT2D eigenvalue weighted by Gasteiger charge is 2.38. The SMILES string of the molecule is O=C(O)[C@@H]1C(=O)NCC[C@H]1c1ccc(F)cc1. The van der Waals surface area contributed by atoms with Gasteiger partial charge in [-0.25, -0.2) is 4.39 Å². The Kier molecular flexibility index (Phi) is 3.08. The van der Waals surface area contributed by atoms with E-state index in [9.17, 15) is 14.0 Å². The van der Waals surface area contributed by atoms with Crippen LogP contribution < -0.4 is 5.32 Å². The molecule has 1 fully saturated rings. The lowest BCUT2D eigenvalue weighted by atomic mass is 9.81. The molecule has 5 heteroatoms. The van der Waals surface area contributed by atoms with E-state index in [1.54, 1.807) is 0 Å². The van der Waals surface area contributed by atoms with Gasteiger partial charge in [0, 0.05) is 12.5 Å². The number of piperidine rings is 1. The third kappa shape index (κ3) is 2.27. The van der Waals surface area contributed by atoms with Crippen molar-refractivity contribution in [1.29, 1.82) is 0 Å². The van der Waals surface area contributed by atoms with Crippen molar-refractivity contribution in [3.05, 3.63) is 35.6 Å². The van der Waals surface area contributed by atoms with Crippen LogP contribution in [-0.2, 0) is 9.59 Å². The van der Waals surface area contributed by atoms with Gasteiger partial charge in [0.25, 0.3) is 0 Å². The summed E-state index contributed by atoms with van der Waals surface area (Å²) in [4.78, 5) is 22.6. The van der Waals surface area contributed by atoms with Gasteiger partial charge in [0.15, 0.2) is 0 Å². The van der Waals surface area contributed by atoms with Gasteiger partial charge in [0.2, 0.25) is 5.91 Å². The molecule has 0 spiro atoms. The molecule has 0 aromatic heterocycles. The molecule has 0 saturated carbocycles. The summed E-state index contributed by atoms with van der Waals surface area (Å²) in [5, 5.41) is 11.6. The predicted octanol–water partition coefficient (Wildman–Crippen LogP) is 1.13. The Hall–Kier alpha value is -1.91. The van der Waals surface area contributed by atoms with Crippen LogP contribution in [0.4, 0.5) is 4.39 Å². The van der Waals surface area contributed by atoms with Crippen molar-refractivity contribution in [3.63, 3.8) is 0 Å². The number of nitrogens with one attached hydrogen (secondary N) is 1. The Bertz CT molecular complexity index is 444. The first kappa shape index (κ1) is 11.6. The average molecular weight is 237 g/mol. The maximum absolute atomic E-state index is 12.8. The highest BCUT2D eigenvalue weighted by Crippen LogP contribution is 2.31. The number of carboxylic acids is 1. The second-order valence-electron chi connectivity index (χ2n) is 4.05. The molecule has 4 nitrogen and oxygen atoms in total. The number of aliphatic carboxylic acids is 1. The van der Waals surface area contributed by atoms with Crippen LogP contribution in [-0.4, -0.2) is 23.5 Å². The lowest BCUT2D eigenvalue weighted by Crippen LogP contribution is -2.44. The van der Waals surface area contributed by atoms with Crippen molar-refractivity contribution >= 4 is 11.9 Å². The zero-order valence-electron chi connectivity index (χ0n) is 9.02. The molecule has 1 saturated heterocycles. The highest BCUT2D eigenvalue weighted by molar-refractivity contribution is 5.98. The summed E-state index contributed by atoms with van der Waals surface area (Å²) in [6.07, 6.45) is 0.550. The maximum atomic E-state index is 12.8. The quantitative estimate of drug-likeness (QED) is 0.758. The Morgan fingerprint density at radius 2 is 2.00 bits per heavy atom. The average Bonchev–Trinajstić information content (AvgIpc) is 2.29. The molecule has 1 amide bonds. The molecule has 2 N–H and O–H groups in total. The van der Waals surface area contributed by atoms with E-state index in [0.717, 1.165) is 0 Å². The Labute approximate surface area is 97.4 Å². The summed E-state index contributed by atoms with van der Waals surface area (Å²) < 4.78 is 12.8. The topological polar surface area (TPSA) is 66.4 Å². The van der Waals surface area contributed by atoms with Gasteiger partial charge in [-0.15, -0.1) is 0 Å². The molecule has 2 atom stereocenters. The molecule has 1 aromatic rings. The number of hydrogen-bond donors (Lipinski definition) is 2. The van der Waals surface area contributed by atoms with Crippen LogP contribution in [0.3, 0.4) is 0 Å². The maximum Gasteiger partial charge on any atom is 0.316 e. The Morgan fingerprint density at radius 1 is 1.35 bits per heavy atom. The molecule has 1 aromatic carbocycles. The van der Waals surface area contributed by atoms with Gasteiger partial charge in [0.05, 0.1) is 0 Å². The minimum absolute atomic E-state index is 0.374. The van der Waals surface area contributed by atoms with Gasteiger partial charge in [-0.1, -0.05) is 12.1 Å². The largest absolute Gasteiger partial charge is 0.481 e. The fourth-order valence-corrected chi connectivity index (χ4v) is 2.16. The second-order valence-corrected chi connectivity index (χ2v) is 4.05. The number of carboxylic acid groups (broad SMARTS) is 1. The van der Waals surface area contributed by atoms with Crippen molar-refractivity contribution in [2.24, 2.45) is 5.92 Å². The van der Waals surface area contributed by atoms with E-state index in [1.165, 1.54) is 24.3 Å². The van der Waals surface area contributed by atoms with Crippen LogP contribution in [0.5, 0.6) is 0 Å². The number of halogens is 1. The summed E-state index contributed by atoms with van der Waals surface area (Å²) in [6, 6.07) is 5.63. The van der Waals surface area contributed by atoms with E-state index in [4.69, 9.17) is 5.11 Å². The summed E-state index contributed by atoms with van der Waals surface area (Å²) >= 11 is 0. The predicted molar refractivity (Wildman–Crippen MR) is 57.9 cm³/mol. The zero-order chi connectivity index (χ0) is 12.4. The van der Waals surface area contributed by atoms with Gasteiger partial charge in [-0.05, 0) is 24.1 Å². The first-order chi connectivity index (χ1) is 8.09. The van der Waals surface area contributed by atoms with Gasteiger partial charge in [0.1, 0.15) is 11.7 Å². The van der Waals surface area contributed by atoms with Gasteiger partial charge < -0.3 is 10.4 Å². The van der Waals surface area contributed by atoms with Crippen LogP contribution in [0.15, 0.2) is 24.3 Å². The van der Waals surface area contributed by atoms with Crippen LogP contribution in [0.25, 0.3) is 0 Å². The van der Waals surface area contributed by atoms with Crippen molar-refractivity contribution in [2.45, 2.75) is 12.3 Å². The van der Waals surface area contributed by atoms with E-state index in [2.05, 4.69) is 5.32 Å². The summed E-state index contributed by atoms with van der Waals surface area (Å²) in [7, 11) is 0. The molecule has 0 aliphatic carbocycles. The molecule has 17 heavy (non-hydrogen) atoms. The standard InChI is InChI=1S/C12H12FNO3/c13-8-3-1-7(2-4-8)9-5-6-14-11(15)10(9)12(16)17/h1-4,9-10H,5-6H2,(H,14,15)(H,16,17)/t9-,10-/m0/s1. The van der Waals surface area contributed by atoms with Gasteiger partial charge in [-0.3, -0.25) is 9.59 Å². The number of carbonyl (C=O) groups excluding carboxylic acids is 1. The molecule has 0 unspecified atom stereocenters. The number of benzene rings is 1. The molecule has 1 aliphatic rings. The monoisotopic (exact) mass is 237 g/mol. The third-order valence-electron chi connectivity index (χ3n) is 3.00. The Morgan fingerprint density at radius 3 is 2.59 bits per heavy atom. The molecule has 0 bridgehead atoms. The van der Waals surface area contributed by atoms with Crippen LogP contribution >= 0.6 is 0 Å². The first-order valence-electron chi connectivity index (χ1n) is 5.35. The van der Waals surface area contributed by atoms with E-state index in [1.807, 2.05) is 0 Å². The van der Waals surface area contributed by atoms with Crippen LogP contribution in [0.1, 0.15) is 17.9 Å². The number of carbonyl (C=O) groups is 2. The molecule has 1 heterocycles. The molecule has 90 valence electrons. The molecule has 2 rings (SSSR count). The van der Waals surface area contributed by atoms with E-state index in [-0.39, 0.29) is 11.7 Å². The van der Waals surface area contributed by atoms with Crippen molar-refractivity contribution in [2.75, 3.05) is 6.54 Å². The van der Waals surface area contributed by atoms with Crippen LogP contribution in [0.2, 0.25) is 0 Å². The number of rotatable bonds is 2. The Balaban J connectivity index is 2.31. The summed E-state index contributed by atoms with van der Waals surface area (Å²) in [5.74, 6) is -3.47. The zero-order valence-corrected chi connectivity index (χ0v) is 9.02. The smallest absolute Gasteiger partial charge is 0.316 e. The normalized spacial score (nSPS) is 24.2. The molecular formula is C12H12FNO3. The lowest BCUT2D eigenvalue weighted by Gasteiger charge is -2.28. The summed E-state index contributed by atoms with van der Waals surface area (Å²) in [6.45, 7) is 0.449. The summed E-state index contributed by atoms with van der Waals surface area (Å²) in [5.41, 5.74) is 0.689. The van der Waals surface area contributed by atoms with Crippen molar-refractivity contribution in [3.8, 4) is 0 Å². The number of amides is 1. The van der Waals surface area contributed by atoms with Gasteiger partial charge in [-0.2, -0.15) is 0 Å². The van der Waals surface area contributed by atoms with Gasteiger partial charge >= 0.3 is 5.97 Å².